The Kier molecular flexibility index (Phi) is 6.27. The van der Waals surface area contributed by atoms with E-state index in [-0.39, 0.29) is 11.9 Å². The molecule has 0 atom stereocenters. The monoisotopic (exact) mass is 482 g/mol. The zero-order valence-corrected chi connectivity index (χ0v) is 21.1. The number of benzene rings is 3. The Morgan fingerprint density at radius 1 is 0.694 bits per heavy atom. The minimum absolute atomic E-state index is 0.291. The Balaban J connectivity index is 1.80. The number of hydrogen-bond acceptors (Lipinski definition) is 4. The highest BCUT2D eigenvalue weighted by molar-refractivity contribution is 6.29. The van der Waals surface area contributed by atoms with Crippen LogP contribution in [0.3, 0.4) is 0 Å². The number of fused-ring (bicyclic) bond motifs is 6. The maximum atomic E-state index is 13.1. The molecule has 2 aromatic heterocycles. The number of carbonyl (C=O) groups is 2. The summed E-state index contributed by atoms with van der Waals surface area (Å²) in [6, 6.07) is 16.4. The van der Waals surface area contributed by atoms with Crippen molar-refractivity contribution in [3.05, 3.63) is 82.4 Å². The minimum atomic E-state index is -0.375. The summed E-state index contributed by atoms with van der Waals surface area (Å²) in [6.45, 7) is 8.24. The molecule has 36 heavy (non-hydrogen) atoms. The van der Waals surface area contributed by atoms with Crippen molar-refractivity contribution < 1.29 is 19.1 Å². The van der Waals surface area contributed by atoms with E-state index in [9.17, 15) is 9.59 Å². The first-order valence-electron chi connectivity index (χ1n) is 12.5. The maximum Gasteiger partial charge on any atom is 0.355 e. The summed E-state index contributed by atoms with van der Waals surface area (Å²) in [6.07, 6.45) is 1.27. The van der Waals surface area contributed by atoms with Crippen LogP contribution in [0, 0.1) is 6.92 Å². The number of H-pyrrole nitrogens is 2. The van der Waals surface area contributed by atoms with Crippen LogP contribution in [0.4, 0.5) is 0 Å². The lowest BCUT2D eigenvalue weighted by Crippen LogP contribution is -2.07. The van der Waals surface area contributed by atoms with Crippen LogP contribution in [0.15, 0.2) is 48.5 Å². The van der Waals surface area contributed by atoms with Gasteiger partial charge in [0.25, 0.3) is 0 Å². The molecular weight excluding hydrogens is 452 g/mol. The molecule has 2 heterocycles. The van der Waals surface area contributed by atoms with Gasteiger partial charge in [-0.2, -0.15) is 0 Å². The van der Waals surface area contributed by atoms with Crippen LogP contribution < -0.4 is 0 Å². The number of carbonyl (C=O) groups excluding carboxylic acids is 2. The minimum Gasteiger partial charge on any atom is -0.461 e. The molecule has 3 aromatic carbocycles. The molecule has 5 aromatic rings. The van der Waals surface area contributed by atoms with E-state index in [1.165, 1.54) is 0 Å². The third-order valence-electron chi connectivity index (χ3n) is 6.89. The van der Waals surface area contributed by atoms with Gasteiger partial charge in [0.15, 0.2) is 0 Å². The van der Waals surface area contributed by atoms with Crippen molar-refractivity contribution in [2.24, 2.45) is 0 Å². The fourth-order valence-corrected chi connectivity index (χ4v) is 5.39. The van der Waals surface area contributed by atoms with Gasteiger partial charge in [-0.1, -0.05) is 55.5 Å². The number of nitrogens with one attached hydrogen (secondary N) is 2. The predicted octanol–water partition coefficient (Wildman–Crippen LogP) is 6.62. The third-order valence-corrected chi connectivity index (χ3v) is 6.89. The lowest BCUT2D eigenvalue weighted by atomic mass is 9.93. The smallest absolute Gasteiger partial charge is 0.355 e. The van der Waals surface area contributed by atoms with Gasteiger partial charge in [0.2, 0.25) is 0 Å². The number of esters is 2. The van der Waals surface area contributed by atoms with Crippen LogP contribution in [0.1, 0.15) is 64.3 Å². The number of hydrogen-bond donors (Lipinski definition) is 2. The first kappa shape index (κ1) is 23.7. The quantitative estimate of drug-likeness (QED) is 0.202. The van der Waals surface area contributed by atoms with Crippen LogP contribution in [0.2, 0.25) is 0 Å². The summed E-state index contributed by atoms with van der Waals surface area (Å²) in [5.41, 5.74) is 4.78. The second kappa shape index (κ2) is 9.53. The molecule has 184 valence electrons. The number of rotatable bonds is 7. The number of aromatic nitrogens is 2. The van der Waals surface area contributed by atoms with Crippen molar-refractivity contribution in [1.82, 2.24) is 9.97 Å². The fourth-order valence-electron chi connectivity index (χ4n) is 5.39. The van der Waals surface area contributed by atoms with Crippen LogP contribution in [0.25, 0.3) is 32.3 Å². The van der Waals surface area contributed by atoms with Gasteiger partial charge in [-0.3, -0.25) is 0 Å². The molecule has 0 bridgehead atoms. The van der Waals surface area contributed by atoms with Crippen molar-refractivity contribution in [3.8, 4) is 0 Å². The molecule has 0 unspecified atom stereocenters. The van der Waals surface area contributed by atoms with Gasteiger partial charge in [0.1, 0.15) is 11.4 Å². The van der Waals surface area contributed by atoms with Gasteiger partial charge in [0, 0.05) is 28.6 Å². The Hall–Kier alpha value is -4.06. The fraction of sp³-hybridized carbons (Fsp3) is 0.267. The number of aromatic amines is 2. The van der Waals surface area contributed by atoms with Crippen LogP contribution in [-0.2, 0) is 22.3 Å². The highest BCUT2D eigenvalue weighted by atomic mass is 16.5. The molecule has 0 aliphatic carbocycles. The van der Waals surface area contributed by atoms with Gasteiger partial charge in [-0.15, -0.1) is 0 Å². The van der Waals surface area contributed by atoms with Gasteiger partial charge in [-0.25, -0.2) is 9.59 Å². The van der Waals surface area contributed by atoms with Gasteiger partial charge >= 0.3 is 11.9 Å². The molecule has 0 saturated heterocycles. The van der Waals surface area contributed by atoms with E-state index in [1.807, 2.05) is 38.1 Å². The zero-order valence-electron chi connectivity index (χ0n) is 21.1. The summed E-state index contributed by atoms with van der Waals surface area (Å²) >= 11 is 0. The Bertz CT molecular complexity index is 1620. The molecule has 0 aliphatic heterocycles. The van der Waals surface area contributed by atoms with Crippen LogP contribution >= 0.6 is 0 Å². The van der Waals surface area contributed by atoms with E-state index >= 15 is 0 Å². The third kappa shape index (κ3) is 3.73. The molecule has 0 fully saturated rings. The standard InChI is InChI=1S/C30H30N2O4/c1-5-18-17(4)27(29(33)35-6-2)31-23(18)16-24-25-21-14-10-8-12-19(21)20-13-9-11-15-22(20)26(25)28(32-24)30(34)36-7-3/h8-15,31-32H,5-7,16H2,1-4H3. The van der Waals surface area contributed by atoms with Crippen molar-refractivity contribution in [3.63, 3.8) is 0 Å². The zero-order chi connectivity index (χ0) is 25.4. The molecule has 0 aliphatic rings. The van der Waals surface area contributed by atoms with E-state index in [1.54, 1.807) is 6.92 Å². The first-order valence-corrected chi connectivity index (χ1v) is 12.5. The van der Waals surface area contributed by atoms with Gasteiger partial charge in [0.05, 0.1) is 13.2 Å². The number of ether oxygens (including phenoxy) is 2. The SMILES string of the molecule is CCOC(=O)c1[nH]c(Cc2[nH]c(C(=O)OCC)c3c4ccccc4c4ccccc4c23)c(CC)c1C. The van der Waals surface area contributed by atoms with Crippen molar-refractivity contribution in [2.75, 3.05) is 13.2 Å². The average Bonchev–Trinajstić information content (AvgIpc) is 3.42. The van der Waals surface area contributed by atoms with Crippen molar-refractivity contribution in [2.45, 2.75) is 40.5 Å². The van der Waals surface area contributed by atoms with Crippen LogP contribution in [0.5, 0.6) is 0 Å². The van der Waals surface area contributed by atoms with E-state index in [0.717, 1.165) is 61.3 Å². The summed E-state index contributed by atoms with van der Waals surface area (Å²) in [4.78, 5) is 32.5. The molecule has 0 spiro atoms. The normalized spacial score (nSPS) is 11.4. The van der Waals surface area contributed by atoms with E-state index in [4.69, 9.17) is 9.47 Å². The molecule has 2 N–H and O–H groups in total. The molecular formula is C30H30N2O4. The molecule has 6 nitrogen and oxygen atoms in total. The second-order valence-corrected chi connectivity index (χ2v) is 8.87. The molecule has 0 radical (unpaired) electrons. The molecule has 6 heteroatoms. The van der Waals surface area contributed by atoms with Crippen molar-refractivity contribution in [1.29, 1.82) is 0 Å². The summed E-state index contributed by atoms with van der Waals surface area (Å²) < 4.78 is 10.7. The first-order chi connectivity index (χ1) is 17.5. The van der Waals surface area contributed by atoms with Crippen LogP contribution in [-0.4, -0.2) is 35.1 Å². The molecule has 0 saturated carbocycles. The van der Waals surface area contributed by atoms with E-state index in [2.05, 4.69) is 41.2 Å². The summed E-state index contributed by atoms with van der Waals surface area (Å²) in [5, 5.41) is 6.15. The van der Waals surface area contributed by atoms with E-state index in [0.29, 0.717) is 31.0 Å². The van der Waals surface area contributed by atoms with Crippen molar-refractivity contribution >= 4 is 44.3 Å². The predicted molar refractivity (Wildman–Crippen MR) is 143 cm³/mol. The Morgan fingerprint density at radius 2 is 1.19 bits per heavy atom. The molecule has 5 rings (SSSR count). The Morgan fingerprint density at radius 3 is 1.75 bits per heavy atom. The highest BCUT2D eigenvalue weighted by Crippen LogP contribution is 2.40. The lowest BCUT2D eigenvalue weighted by molar-refractivity contribution is 0.0511. The highest BCUT2D eigenvalue weighted by Gasteiger charge is 2.25. The second-order valence-electron chi connectivity index (χ2n) is 8.87. The Labute approximate surface area is 209 Å². The summed E-state index contributed by atoms with van der Waals surface area (Å²) in [5.74, 6) is -0.726. The van der Waals surface area contributed by atoms with Gasteiger partial charge < -0.3 is 19.4 Å². The average molecular weight is 483 g/mol. The molecule has 0 amide bonds. The lowest BCUT2D eigenvalue weighted by Gasteiger charge is -2.09. The topological polar surface area (TPSA) is 84.2 Å². The largest absolute Gasteiger partial charge is 0.461 e. The van der Waals surface area contributed by atoms with Gasteiger partial charge in [-0.05, 0) is 59.9 Å². The summed E-state index contributed by atoms with van der Waals surface area (Å²) in [7, 11) is 0. The van der Waals surface area contributed by atoms with E-state index < -0.39 is 0 Å². The maximum absolute atomic E-state index is 13.1.